The van der Waals surface area contributed by atoms with Crippen LogP contribution in [0.15, 0.2) is 22.8 Å². The molecule has 1 aromatic rings. The maximum atomic E-state index is 14.0. The van der Waals surface area contributed by atoms with Crippen LogP contribution in [0.3, 0.4) is 0 Å². The van der Waals surface area contributed by atoms with Crippen molar-refractivity contribution in [2.24, 2.45) is 0 Å². The smallest absolute Gasteiger partial charge is 0.321 e. The molecule has 0 saturated carbocycles. The first-order valence-corrected chi connectivity index (χ1v) is 3.95. The van der Waals surface area contributed by atoms with Crippen LogP contribution in [0.25, 0.3) is 0 Å². The third kappa shape index (κ3) is 1.15. The largest absolute Gasteiger partial charge is 0.465 e. The van der Waals surface area contributed by atoms with Crippen molar-refractivity contribution >= 4 is 11.9 Å². The fourth-order valence-electron chi connectivity index (χ4n) is 1.23. The van der Waals surface area contributed by atoms with E-state index in [1.165, 1.54) is 18.4 Å². The minimum absolute atomic E-state index is 0.116. The number of carbonyl (C=O) groups excluding carboxylic acids is 2. The number of hydrogen-bond donors (Lipinski definition) is 2. The molecule has 3 amide bonds. The summed E-state index contributed by atoms with van der Waals surface area (Å²) in [4.78, 5) is 21.9. The van der Waals surface area contributed by atoms with E-state index in [-0.39, 0.29) is 5.76 Å². The van der Waals surface area contributed by atoms with Crippen LogP contribution in [0.4, 0.5) is 9.18 Å². The van der Waals surface area contributed by atoms with Gasteiger partial charge in [0.15, 0.2) is 5.76 Å². The lowest BCUT2D eigenvalue weighted by atomic mass is 10.0. The van der Waals surface area contributed by atoms with E-state index in [9.17, 15) is 14.0 Å². The van der Waals surface area contributed by atoms with Crippen LogP contribution in [0.1, 0.15) is 5.76 Å². The van der Waals surface area contributed by atoms with Gasteiger partial charge in [-0.05, 0) is 12.1 Å². The summed E-state index contributed by atoms with van der Waals surface area (Å²) in [7, 11) is 0. The first-order valence-electron chi connectivity index (χ1n) is 3.95. The lowest BCUT2D eigenvalue weighted by molar-refractivity contribution is -0.134. The molecule has 74 valence electrons. The summed E-state index contributed by atoms with van der Waals surface area (Å²) >= 11 is 0. The van der Waals surface area contributed by atoms with Crippen molar-refractivity contribution in [1.82, 2.24) is 10.6 Å². The van der Waals surface area contributed by atoms with E-state index < -0.39 is 24.2 Å². The molecule has 0 bridgehead atoms. The second-order valence-corrected chi connectivity index (χ2v) is 2.92. The van der Waals surface area contributed by atoms with Gasteiger partial charge >= 0.3 is 6.03 Å². The Hall–Kier alpha value is -1.85. The van der Waals surface area contributed by atoms with Crippen molar-refractivity contribution in [2.75, 3.05) is 6.54 Å². The first kappa shape index (κ1) is 8.74. The van der Waals surface area contributed by atoms with Crippen molar-refractivity contribution in [1.29, 1.82) is 0 Å². The Balaban J connectivity index is 2.32. The molecule has 2 N–H and O–H groups in total. The Kier molecular flexibility index (Phi) is 1.77. The number of amides is 3. The van der Waals surface area contributed by atoms with Gasteiger partial charge in [0, 0.05) is 0 Å². The van der Waals surface area contributed by atoms with Crippen molar-refractivity contribution in [3.8, 4) is 0 Å². The average molecular weight is 198 g/mol. The molecule has 14 heavy (non-hydrogen) atoms. The summed E-state index contributed by atoms with van der Waals surface area (Å²) < 4.78 is 18.8. The van der Waals surface area contributed by atoms with Gasteiger partial charge in [0.1, 0.15) is 0 Å². The Labute approximate surface area is 78.3 Å². The molecule has 0 aliphatic carbocycles. The third-order valence-electron chi connectivity index (χ3n) is 1.99. The number of hydrogen-bond acceptors (Lipinski definition) is 3. The molecule has 0 aromatic carbocycles. The highest BCUT2D eigenvalue weighted by molar-refractivity contribution is 6.01. The number of nitrogens with one attached hydrogen (secondary N) is 2. The molecule has 0 spiro atoms. The Morgan fingerprint density at radius 1 is 1.50 bits per heavy atom. The molecular weight excluding hydrogens is 191 g/mol. The summed E-state index contributed by atoms with van der Waals surface area (Å²) in [5.41, 5.74) is -2.31. The molecule has 1 atom stereocenters. The summed E-state index contributed by atoms with van der Waals surface area (Å²) in [6, 6.07) is 2.12. The van der Waals surface area contributed by atoms with E-state index in [0.29, 0.717) is 0 Å². The zero-order chi connectivity index (χ0) is 10.2. The predicted octanol–water partition coefficient (Wildman–Crippen LogP) is 0.284. The molecule has 2 heterocycles. The maximum absolute atomic E-state index is 14.0. The summed E-state index contributed by atoms with van der Waals surface area (Å²) in [5.74, 6) is -1.12. The van der Waals surface area contributed by atoms with Gasteiger partial charge in [0.25, 0.3) is 11.6 Å². The van der Waals surface area contributed by atoms with Crippen molar-refractivity contribution in [2.45, 2.75) is 5.67 Å². The van der Waals surface area contributed by atoms with E-state index in [0.717, 1.165) is 0 Å². The highest BCUT2D eigenvalue weighted by atomic mass is 19.1. The Bertz CT molecular complexity index is 376. The number of carbonyl (C=O) groups is 2. The van der Waals surface area contributed by atoms with E-state index in [2.05, 4.69) is 5.32 Å². The maximum Gasteiger partial charge on any atom is 0.321 e. The quantitative estimate of drug-likeness (QED) is 0.681. The minimum Gasteiger partial charge on any atom is -0.465 e. The average Bonchev–Trinajstić information content (AvgIpc) is 2.65. The van der Waals surface area contributed by atoms with Gasteiger partial charge in [-0.25, -0.2) is 9.18 Å². The van der Waals surface area contributed by atoms with Crippen molar-refractivity contribution in [3.05, 3.63) is 24.2 Å². The monoisotopic (exact) mass is 198 g/mol. The molecule has 0 radical (unpaired) electrons. The van der Waals surface area contributed by atoms with Crippen LogP contribution < -0.4 is 10.6 Å². The number of imide groups is 1. The van der Waals surface area contributed by atoms with Crippen LogP contribution in [-0.4, -0.2) is 18.5 Å². The number of halogens is 1. The third-order valence-corrected chi connectivity index (χ3v) is 1.99. The zero-order valence-corrected chi connectivity index (χ0v) is 7.04. The number of furan rings is 1. The molecule has 5 nitrogen and oxygen atoms in total. The van der Waals surface area contributed by atoms with Crippen LogP contribution >= 0.6 is 0 Å². The van der Waals surface area contributed by atoms with Crippen LogP contribution in [0, 0.1) is 0 Å². The van der Waals surface area contributed by atoms with Gasteiger partial charge in [0.2, 0.25) is 0 Å². The van der Waals surface area contributed by atoms with Gasteiger partial charge < -0.3 is 9.73 Å². The summed E-state index contributed by atoms with van der Waals surface area (Å²) in [6.07, 6.45) is 1.26. The second kappa shape index (κ2) is 2.83. The van der Waals surface area contributed by atoms with E-state index in [1.54, 1.807) is 0 Å². The van der Waals surface area contributed by atoms with Gasteiger partial charge in [-0.15, -0.1) is 0 Å². The van der Waals surface area contributed by atoms with Crippen molar-refractivity contribution in [3.63, 3.8) is 0 Å². The molecular formula is C8H7FN2O3. The Morgan fingerprint density at radius 3 is 2.86 bits per heavy atom. The highest BCUT2D eigenvalue weighted by Gasteiger charge is 2.47. The minimum atomic E-state index is -2.31. The number of urea groups is 1. The van der Waals surface area contributed by atoms with Crippen LogP contribution in [-0.2, 0) is 10.5 Å². The molecule has 6 heteroatoms. The standard InChI is InChI=1S/C8H7FN2O3/c9-8(5-2-1-3-14-5)4-10-7(13)11-6(8)12/h1-3H,4H2,(H2,10,11,12,13). The summed E-state index contributed by atoms with van der Waals surface area (Å²) in [6.45, 7) is -0.412. The molecule has 1 aliphatic heterocycles. The molecule has 1 unspecified atom stereocenters. The number of rotatable bonds is 1. The van der Waals surface area contributed by atoms with Crippen LogP contribution in [0.5, 0.6) is 0 Å². The van der Waals surface area contributed by atoms with Gasteiger partial charge in [-0.3, -0.25) is 10.1 Å². The van der Waals surface area contributed by atoms with Crippen molar-refractivity contribution < 1.29 is 18.4 Å². The van der Waals surface area contributed by atoms with E-state index in [1.807, 2.05) is 5.32 Å². The molecule has 1 fully saturated rings. The molecule has 1 aliphatic rings. The fraction of sp³-hybridized carbons (Fsp3) is 0.250. The number of alkyl halides is 1. The van der Waals surface area contributed by atoms with Gasteiger partial charge in [-0.2, -0.15) is 0 Å². The predicted molar refractivity (Wildman–Crippen MR) is 43.0 cm³/mol. The van der Waals surface area contributed by atoms with E-state index in [4.69, 9.17) is 4.42 Å². The lowest BCUT2D eigenvalue weighted by Gasteiger charge is -2.26. The summed E-state index contributed by atoms with van der Waals surface area (Å²) in [5, 5.41) is 4.02. The van der Waals surface area contributed by atoms with E-state index >= 15 is 0 Å². The normalized spacial score (nSPS) is 26.9. The highest BCUT2D eigenvalue weighted by Crippen LogP contribution is 2.27. The second-order valence-electron chi connectivity index (χ2n) is 2.92. The van der Waals surface area contributed by atoms with Gasteiger partial charge in [-0.1, -0.05) is 0 Å². The topological polar surface area (TPSA) is 71.3 Å². The van der Waals surface area contributed by atoms with Gasteiger partial charge in [0.05, 0.1) is 12.8 Å². The Morgan fingerprint density at radius 2 is 2.29 bits per heavy atom. The zero-order valence-electron chi connectivity index (χ0n) is 7.04. The lowest BCUT2D eigenvalue weighted by Crippen LogP contribution is -2.59. The fourth-order valence-corrected chi connectivity index (χ4v) is 1.23. The molecule has 1 saturated heterocycles. The first-order chi connectivity index (χ1) is 6.63. The van der Waals surface area contributed by atoms with Crippen LogP contribution in [0.2, 0.25) is 0 Å². The molecule has 2 rings (SSSR count). The molecule has 1 aromatic heterocycles. The SMILES string of the molecule is O=C1NCC(F)(c2ccco2)C(=O)N1.